The minimum atomic E-state index is -0.437. The van der Waals surface area contributed by atoms with Crippen LogP contribution in [0, 0.1) is 6.92 Å². The molecule has 0 bridgehead atoms. The Bertz CT molecular complexity index is 644. The van der Waals surface area contributed by atoms with Gasteiger partial charge in [-0.1, -0.05) is 48.0 Å². The fourth-order valence-corrected chi connectivity index (χ4v) is 2.17. The summed E-state index contributed by atoms with van der Waals surface area (Å²) in [6, 6.07) is 17.2. The number of nitrogens with zero attached hydrogens (tertiary/aromatic N) is 1. The fraction of sp³-hybridized carbons (Fsp3) is 0.176. The Morgan fingerprint density at radius 2 is 1.75 bits per heavy atom. The molecule has 0 fully saturated rings. The molecule has 20 heavy (non-hydrogen) atoms. The molecule has 0 amide bonds. The molecule has 1 heterocycles. The maximum absolute atomic E-state index is 11.9. The summed E-state index contributed by atoms with van der Waals surface area (Å²) in [7, 11) is 0. The molecule has 0 N–H and O–H groups in total. The lowest BCUT2D eigenvalue weighted by molar-refractivity contribution is -0.134. The van der Waals surface area contributed by atoms with Crippen LogP contribution >= 0.6 is 0 Å². The van der Waals surface area contributed by atoms with Crippen molar-refractivity contribution in [1.82, 2.24) is 0 Å². The Hall–Kier alpha value is -2.42. The second-order valence-electron chi connectivity index (χ2n) is 4.93. The minimum Gasteiger partial charge on any atom is -0.406 e. The smallest absolute Gasteiger partial charge is 0.338 e. The molecule has 0 aliphatic carbocycles. The van der Waals surface area contributed by atoms with Gasteiger partial charge in [-0.15, -0.1) is 0 Å². The molecule has 3 heteroatoms. The second-order valence-corrected chi connectivity index (χ2v) is 4.93. The summed E-state index contributed by atoms with van der Waals surface area (Å²) >= 11 is 0. The Morgan fingerprint density at radius 1 is 1.05 bits per heavy atom. The summed E-state index contributed by atoms with van der Waals surface area (Å²) in [5.74, 6) is 0.150. The van der Waals surface area contributed by atoms with Crippen LogP contribution in [0.1, 0.15) is 16.7 Å². The zero-order valence-corrected chi connectivity index (χ0v) is 11.2. The number of aryl methyl sites for hydroxylation is 1. The first-order valence-electron chi connectivity index (χ1n) is 6.63. The number of carbonyl (C=O) groups is 1. The number of hydrogen-bond acceptors (Lipinski definition) is 3. The summed E-state index contributed by atoms with van der Waals surface area (Å²) in [5.41, 5.74) is 3.14. The van der Waals surface area contributed by atoms with E-state index in [0.717, 1.165) is 11.1 Å². The highest BCUT2D eigenvalue weighted by atomic mass is 16.6. The topological polar surface area (TPSA) is 38.7 Å². The third kappa shape index (κ3) is 2.62. The van der Waals surface area contributed by atoms with Crippen molar-refractivity contribution >= 4 is 11.9 Å². The van der Waals surface area contributed by atoms with Crippen molar-refractivity contribution in [3.63, 3.8) is 0 Å². The monoisotopic (exact) mass is 265 g/mol. The van der Waals surface area contributed by atoms with E-state index in [1.54, 1.807) is 0 Å². The second kappa shape index (κ2) is 5.29. The van der Waals surface area contributed by atoms with Gasteiger partial charge in [0.25, 0.3) is 0 Å². The highest BCUT2D eigenvalue weighted by Crippen LogP contribution is 2.17. The van der Waals surface area contributed by atoms with Crippen molar-refractivity contribution in [3.8, 4) is 0 Å². The van der Waals surface area contributed by atoms with Crippen molar-refractivity contribution in [2.45, 2.75) is 19.4 Å². The molecule has 3 nitrogen and oxygen atoms in total. The molecular weight excluding hydrogens is 250 g/mol. The predicted molar refractivity (Wildman–Crippen MR) is 77.7 cm³/mol. The summed E-state index contributed by atoms with van der Waals surface area (Å²) in [4.78, 5) is 16.3. The van der Waals surface area contributed by atoms with Crippen LogP contribution in [0.4, 0.5) is 0 Å². The van der Waals surface area contributed by atoms with E-state index in [2.05, 4.69) is 4.99 Å². The lowest BCUT2D eigenvalue weighted by Gasteiger charge is -2.03. The lowest BCUT2D eigenvalue weighted by atomic mass is 10.1. The first-order valence-corrected chi connectivity index (χ1v) is 6.63. The third-order valence-electron chi connectivity index (χ3n) is 3.31. The van der Waals surface area contributed by atoms with Gasteiger partial charge in [0.2, 0.25) is 5.90 Å². The number of benzene rings is 2. The zero-order chi connectivity index (χ0) is 13.9. The molecule has 2 aromatic carbocycles. The average molecular weight is 265 g/mol. The standard InChI is InChI=1S/C17H15NO2/c1-12-7-9-13(10-8-12)11-15-17(19)20-16(18-15)14-5-3-2-4-6-14/h2-10,15H,11H2,1H3. The summed E-state index contributed by atoms with van der Waals surface area (Å²) in [6.45, 7) is 2.04. The van der Waals surface area contributed by atoms with Gasteiger partial charge >= 0.3 is 5.97 Å². The SMILES string of the molecule is Cc1ccc(CC2N=C(c3ccccc3)OC2=O)cc1. The molecule has 100 valence electrons. The normalized spacial score (nSPS) is 17.8. The highest BCUT2D eigenvalue weighted by molar-refractivity contribution is 6.06. The van der Waals surface area contributed by atoms with Crippen molar-refractivity contribution in [1.29, 1.82) is 0 Å². The van der Waals surface area contributed by atoms with Crippen LogP contribution < -0.4 is 0 Å². The van der Waals surface area contributed by atoms with E-state index in [0.29, 0.717) is 12.3 Å². The Labute approximate surface area is 117 Å². The van der Waals surface area contributed by atoms with Gasteiger partial charge in [0.05, 0.1) is 0 Å². The van der Waals surface area contributed by atoms with E-state index in [1.807, 2.05) is 61.5 Å². The largest absolute Gasteiger partial charge is 0.406 e. The first-order chi connectivity index (χ1) is 9.72. The molecule has 1 unspecified atom stereocenters. The van der Waals surface area contributed by atoms with E-state index in [1.165, 1.54) is 5.56 Å². The maximum Gasteiger partial charge on any atom is 0.338 e. The van der Waals surface area contributed by atoms with Crippen molar-refractivity contribution in [2.24, 2.45) is 4.99 Å². The van der Waals surface area contributed by atoms with Gasteiger partial charge in [-0.2, -0.15) is 0 Å². The van der Waals surface area contributed by atoms with Crippen LogP contribution in [0.2, 0.25) is 0 Å². The van der Waals surface area contributed by atoms with Gasteiger partial charge in [0.15, 0.2) is 6.04 Å². The lowest BCUT2D eigenvalue weighted by Crippen LogP contribution is -2.17. The summed E-state index contributed by atoms with van der Waals surface area (Å²) in [6.07, 6.45) is 0.579. The van der Waals surface area contributed by atoms with E-state index in [-0.39, 0.29) is 5.97 Å². The molecule has 2 aromatic rings. The molecule has 0 spiro atoms. The number of esters is 1. The number of aliphatic imine (C=N–C) groups is 1. The van der Waals surface area contributed by atoms with E-state index < -0.39 is 6.04 Å². The van der Waals surface area contributed by atoms with Gasteiger partial charge in [0, 0.05) is 12.0 Å². The van der Waals surface area contributed by atoms with Crippen LogP contribution in [0.5, 0.6) is 0 Å². The molecule has 0 aromatic heterocycles. The van der Waals surface area contributed by atoms with Gasteiger partial charge in [-0.3, -0.25) is 0 Å². The molecule has 1 atom stereocenters. The number of ether oxygens (including phenoxy) is 1. The van der Waals surface area contributed by atoms with E-state index >= 15 is 0 Å². The van der Waals surface area contributed by atoms with Crippen LogP contribution in [-0.4, -0.2) is 17.9 Å². The third-order valence-corrected chi connectivity index (χ3v) is 3.31. The summed E-state index contributed by atoms with van der Waals surface area (Å²) < 4.78 is 5.27. The highest BCUT2D eigenvalue weighted by Gasteiger charge is 2.29. The minimum absolute atomic E-state index is 0.274. The van der Waals surface area contributed by atoms with E-state index in [4.69, 9.17) is 4.74 Å². The quantitative estimate of drug-likeness (QED) is 0.800. The summed E-state index contributed by atoms with van der Waals surface area (Å²) in [5, 5.41) is 0. The fourth-order valence-electron chi connectivity index (χ4n) is 2.17. The van der Waals surface area contributed by atoms with E-state index in [9.17, 15) is 4.79 Å². The molecule has 3 rings (SSSR count). The van der Waals surface area contributed by atoms with Crippen molar-refractivity contribution in [2.75, 3.05) is 0 Å². The molecule has 0 radical (unpaired) electrons. The van der Waals surface area contributed by atoms with Crippen LogP contribution in [0.25, 0.3) is 0 Å². The van der Waals surface area contributed by atoms with Gasteiger partial charge < -0.3 is 4.74 Å². The molecular formula is C17H15NO2. The van der Waals surface area contributed by atoms with Crippen LogP contribution in [0.3, 0.4) is 0 Å². The number of cyclic esters (lactones) is 1. The molecule has 1 aliphatic rings. The van der Waals surface area contributed by atoms with Crippen molar-refractivity contribution in [3.05, 3.63) is 71.3 Å². The Morgan fingerprint density at radius 3 is 2.45 bits per heavy atom. The van der Waals surface area contributed by atoms with Crippen LogP contribution in [0.15, 0.2) is 59.6 Å². The van der Waals surface area contributed by atoms with Gasteiger partial charge in [-0.05, 0) is 24.6 Å². The number of rotatable bonds is 3. The van der Waals surface area contributed by atoms with Gasteiger partial charge in [0.1, 0.15) is 0 Å². The molecule has 0 saturated carbocycles. The predicted octanol–water partition coefficient (Wildman–Crippen LogP) is 2.91. The zero-order valence-electron chi connectivity index (χ0n) is 11.2. The molecule has 1 aliphatic heterocycles. The van der Waals surface area contributed by atoms with Crippen molar-refractivity contribution < 1.29 is 9.53 Å². The molecule has 0 saturated heterocycles. The van der Waals surface area contributed by atoms with Gasteiger partial charge in [-0.25, -0.2) is 9.79 Å². The Kier molecular flexibility index (Phi) is 3.33. The number of carbonyl (C=O) groups excluding carboxylic acids is 1. The number of hydrogen-bond donors (Lipinski definition) is 0. The maximum atomic E-state index is 11.9. The Balaban J connectivity index is 1.79. The average Bonchev–Trinajstić information content (AvgIpc) is 2.84. The van der Waals surface area contributed by atoms with Crippen LogP contribution in [-0.2, 0) is 16.0 Å². The first kappa shape index (κ1) is 12.6.